The van der Waals surface area contributed by atoms with Crippen molar-refractivity contribution in [3.63, 3.8) is 0 Å². The minimum absolute atomic E-state index is 0.492. The maximum Gasteiger partial charge on any atom is 0.186 e. The number of aryl methyl sites for hydroxylation is 1. The molecule has 0 aliphatic carbocycles. The summed E-state index contributed by atoms with van der Waals surface area (Å²) in [6.45, 7) is 5.30. The van der Waals surface area contributed by atoms with E-state index in [0.717, 1.165) is 27.9 Å². The van der Waals surface area contributed by atoms with E-state index < -0.39 is 0 Å². The van der Waals surface area contributed by atoms with Crippen molar-refractivity contribution in [1.82, 2.24) is 10.7 Å². The third-order valence-electron chi connectivity index (χ3n) is 3.19. The fourth-order valence-electron chi connectivity index (χ4n) is 1.96. The van der Waals surface area contributed by atoms with Gasteiger partial charge in [-0.25, -0.2) is 0 Å². The summed E-state index contributed by atoms with van der Waals surface area (Å²) in [5, 5.41) is 7.62. The second kappa shape index (κ2) is 9.39. The number of halogens is 1. The number of thiocarbonyl (C=S) groups is 1. The number of hydrogen-bond donors (Lipinski definition) is 2. The molecule has 6 heteroatoms. The molecule has 2 aromatic carbocycles. The number of ether oxygens (including phenoxy) is 1. The van der Waals surface area contributed by atoms with E-state index in [1.54, 1.807) is 6.21 Å². The third kappa shape index (κ3) is 5.94. The van der Waals surface area contributed by atoms with Gasteiger partial charge in [0.2, 0.25) is 0 Å². The molecule has 0 unspecified atom stereocenters. The lowest BCUT2D eigenvalue weighted by Gasteiger charge is -2.10. The number of nitrogens with one attached hydrogen (secondary N) is 2. The zero-order chi connectivity index (χ0) is 17.4. The number of benzene rings is 2. The molecule has 0 spiro atoms. The van der Waals surface area contributed by atoms with Crippen LogP contribution in [0.5, 0.6) is 5.75 Å². The fraction of sp³-hybridized carbons (Fsp3) is 0.222. The van der Waals surface area contributed by atoms with Gasteiger partial charge in [-0.1, -0.05) is 45.8 Å². The molecule has 0 atom stereocenters. The lowest BCUT2D eigenvalue weighted by molar-refractivity contribution is 0.305. The van der Waals surface area contributed by atoms with Crippen LogP contribution in [-0.2, 0) is 6.61 Å². The molecule has 0 radical (unpaired) electrons. The van der Waals surface area contributed by atoms with Crippen LogP contribution in [0.1, 0.15) is 23.6 Å². The molecular formula is C18H20BrN3OS. The fourth-order valence-corrected chi connectivity index (χ4v) is 2.53. The minimum atomic E-state index is 0.492. The standard InChI is InChI=1S/C18H20BrN3OS/c1-3-20-18(24)22-21-11-15-10-16(19)8-9-17(15)23-12-14-6-4-13(2)5-7-14/h4-11H,3,12H2,1-2H3,(H2,20,22,24). The van der Waals surface area contributed by atoms with Crippen molar-refractivity contribution >= 4 is 39.5 Å². The van der Waals surface area contributed by atoms with Crippen molar-refractivity contribution in [3.8, 4) is 5.75 Å². The third-order valence-corrected chi connectivity index (χ3v) is 3.92. The van der Waals surface area contributed by atoms with Gasteiger partial charge >= 0.3 is 0 Å². The van der Waals surface area contributed by atoms with Crippen LogP contribution in [0.3, 0.4) is 0 Å². The summed E-state index contributed by atoms with van der Waals surface area (Å²) in [6.07, 6.45) is 1.69. The molecule has 0 heterocycles. The van der Waals surface area contributed by atoms with Gasteiger partial charge in [-0.05, 0) is 49.8 Å². The van der Waals surface area contributed by atoms with Crippen LogP contribution in [0.15, 0.2) is 52.0 Å². The topological polar surface area (TPSA) is 45.7 Å². The molecule has 2 aromatic rings. The van der Waals surface area contributed by atoms with Crippen molar-refractivity contribution in [1.29, 1.82) is 0 Å². The van der Waals surface area contributed by atoms with Crippen molar-refractivity contribution in [2.24, 2.45) is 5.10 Å². The monoisotopic (exact) mass is 405 g/mol. The maximum absolute atomic E-state index is 5.93. The van der Waals surface area contributed by atoms with Gasteiger partial charge in [0, 0.05) is 16.6 Å². The Balaban J connectivity index is 2.05. The summed E-state index contributed by atoms with van der Waals surface area (Å²) in [5.74, 6) is 0.763. The quantitative estimate of drug-likeness (QED) is 0.430. The lowest BCUT2D eigenvalue weighted by Crippen LogP contribution is -2.31. The summed E-state index contributed by atoms with van der Waals surface area (Å²) in [7, 11) is 0. The minimum Gasteiger partial charge on any atom is -0.488 e. The Morgan fingerprint density at radius 3 is 2.71 bits per heavy atom. The molecule has 0 amide bonds. The SMILES string of the molecule is CCNC(=S)NN=Cc1cc(Br)ccc1OCc1ccc(C)cc1. The molecule has 24 heavy (non-hydrogen) atoms. The van der Waals surface area contributed by atoms with Gasteiger partial charge in [0.05, 0.1) is 6.21 Å². The van der Waals surface area contributed by atoms with Crippen molar-refractivity contribution < 1.29 is 4.74 Å². The lowest BCUT2D eigenvalue weighted by atomic mass is 10.1. The predicted molar refractivity (Wildman–Crippen MR) is 107 cm³/mol. The van der Waals surface area contributed by atoms with Gasteiger partial charge in [-0.2, -0.15) is 5.10 Å². The number of nitrogens with zero attached hydrogens (tertiary/aromatic N) is 1. The van der Waals surface area contributed by atoms with Crippen molar-refractivity contribution in [2.45, 2.75) is 20.5 Å². The van der Waals surface area contributed by atoms with E-state index in [9.17, 15) is 0 Å². The second-order valence-electron chi connectivity index (χ2n) is 5.19. The zero-order valence-corrected chi connectivity index (χ0v) is 16.1. The van der Waals surface area contributed by atoms with E-state index in [4.69, 9.17) is 17.0 Å². The highest BCUT2D eigenvalue weighted by Gasteiger charge is 2.04. The van der Waals surface area contributed by atoms with Crippen LogP contribution in [0.25, 0.3) is 0 Å². The van der Waals surface area contributed by atoms with Gasteiger partial charge in [0.1, 0.15) is 12.4 Å². The Kier molecular flexibility index (Phi) is 7.21. The molecule has 0 aliphatic rings. The van der Waals surface area contributed by atoms with E-state index in [0.29, 0.717) is 11.7 Å². The normalized spacial score (nSPS) is 10.6. The molecule has 0 aromatic heterocycles. The van der Waals surface area contributed by atoms with Crippen LogP contribution in [0.2, 0.25) is 0 Å². The molecule has 0 saturated heterocycles. The summed E-state index contributed by atoms with van der Waals surface area (Å²) in [4.78, 5) is 0. The Morgan fingerprint density at radius 2 is 2.00 bits per heavy atom. The highest BCUT2D eigenvalue weighted by atomic mass is 79.9. The van der Waals surface area contributed by atoms with E-state index >= 15 is 0 Å². The Bertz CT molecular complexity index is 717. The summed E-state index contributed by atoms with van der Waals surface area (Å²) in [5.41, 5.74) is 6.00. The highest BCUT2D eigenvalue weighted by Crippen LogP contribution is 2.23. The van der Waals surface area contributed by atoms with Crippen LogP contribution < -0.4 is 15.5 Å². The molecule has 4 nitrogen and oxygen atoms in total. The smallest absolute Gasteiger partial charge is 0.186 e. The van der Waals surface area contributed by atoms with E-state index in [2.05, 4.69) is 63.0 Å². The summed E-state index contributed by atoms with van der Waals surface area (Å²) < 4.78 is 6.89. The van der Waals surface area contributed by atoms with Gasteiger partial charge < -0.3 is 10.1 Å². The maximum atomic E-state index is 5.93. The van der Waals surface area contributed by atoms with E-state index in [1.165, 1.54) is 5.56 Å². The Hall–Kier alpha value is -1.92. The first-order chi connectivity index (χ1) is 11.6. The Labute approximate surface area is 156 Å². The molecule has 2 rings (SSSR count). The van der Waals surface area contributed by atoms with Crippen LogP contribution in [0, 0.1) is 6.92 Å². The van der Waals surface area contributed by atoms with Crippen molar-refractivity contribution in [2.75, 3.05) is 6.54 Å². The zero-order valence-electron chi connectivity index (χ0n) is 13.7. The average Bonchev–Trinajstić information content (AvgIpc) is 2.56. The molecule has 0 aliphatic heterocycles. The first-order valence-corrected chi connectivity index (χ1v) is 8.83. The Morgan fingerprint density at radius 1 is 1.25 bits per heavy atom. The van der Waals surface area contributed by atoms with E-state index in [-0.39, 0.29) is 0 Å². The van der Waals surface area contributed by atoms with Crippen LogP contribution in [-0.4, -0.2) is 17.9 Å². The predicted octanol–water partition coefficient (Wildman–Crippen LogP) is 4.15. The van der Waals surface area contributed by atoms with Crippen molar-refractivity contribution in [3.05, 3.63) is 63.6 Å². The molecule has 0 fully saturated rings. The molecule has 0 saturated carbocycles. The average molecular weight is 406 g/mol. The second-order valence-corrected chi connectivity index (χ2v) is 6.51. The molecule has 126 valence electrons. The highest BCUT2D eigenvalue weighted by molar-refractivity contribution is 9.10. The first-order valence-electron chi connectivity index (χ1n) is 7.63. The van der Waals surface area contributed by atoms with Gasteiger partial charge in [-0.3, -0.25) is 5.43 Å². The summed E-state index contributed by atoms with van der Waals surface area (Å²) in [6, 6.07) is 14.1. The molecular weight excluding hydrogens is 386 g/mol. The molecule has 0 bridgehead atoms. The number of hydrazone groups is 1. The van der Waals surface area contributed by atoms with E-state index in [1.807, 2.05) is 25.1 Å². The first kappa shape index (κ1) is 18.4. The van der Waals surface area contributed by atoms with Gasteiger partial charge in [0.15, 0.2) is 5.11 Å². The van der Waals surface area contributed by atoms with Crippen LogP contribution in [0.4, 0.5) is 0 Å². The molecule has 2 N–H and O–H groups in total. The number of hydrogen-bond acceptors (Lipinski definition) is 3. The van der Waals surface area contributed by atoms with Gasteiger partial charge in [0.25, 0.3) is 0 Å². The number of rotatable bonds is 6. The van der Waals surface area contributed by atoms with Gasteiger partial charge in [-0.15, -0.1) is 0 Å². The van der Waals surface area contributed by atoms with Crippen LogP contribution >= 0.6 is 28.1 Å². The summed E-state index contributed by atoms with van der Waals surface area (Å²) >= 11 is 8.55. The largest absolute Gasteiger partial charge is 0.488 e.